The Morgan fingerprint density at radius 3 is 2.52 bits per heavy atom. The fourth-order valence-electron chi connectivity index (χ4n) is 4.90. The molecular formula is C20H29N5O2. The van der Waals surface area contributed by atoms with Gasteiger partial charge in [-0.3, -0.25) is 14.4 Å². The van der Waals surface area contributed by atoms with Crippen molar-refractivity contribution in [2.24, 2.45) is 0 Å². The van der Waals surface area contributed by atoms with E-state index >= 15 is 0 Å². The molecule has 7 nitrogen and oxygen atoms in total. The van der Waals surface area contributed by atoms with E-state index in [4.69, 9.17) is 0 Å². The maximum absolute atomic E-state index is 12.1. The molecule has 0 aliphatic carbocycles. The van der Waals surface area contributed by atoms with Crippen LogP contribution < -0.4 is 5.56 Å². The second-order valence-corrected chi connectivity index (χ2v) is 8.23. The Morgan fingerprint density at radius 2 is 1.89 bits per heavy atom. The Kier molecular flexibility index (Phi) is 4.68. The molecule has 2 aliphatic heterocycles. The van der Waals surface area contributed by atoms with Crippen LogP contribution in [-0.2, 0) is 19.6 Å². The van der Waals surface area contributed by atoms with Gasteiger partial charge in [-0.15, -0.1) is 0 Å². The van der Waals surface area contributed by atoms with Gasteiger partial charge in [0, 0.05) is 42.5 Å². The van der Waals surface area contributed by atoms with Gasteiger partial charge in [-0.2, -0.15) is 10.2 Å². The minimum Gasteiger partial charge on any atom is -0.388 e. The first kappa shape index (κ1) is 18.4. The van der Waals surface area contributed by atoms with Crippen LogP contribution in [0.4, 0.5) is 0 Å². The Morgan fingerprint density at radius 1 is 1.19 bits per heavy atom. The fraction of sp³-hybridized carbons (Fsp3) is 0.650. The van der Waals surface area contributed by atoms with Crippen LogP contribution in [0.15, 0.2) is 23.1 Å². The Bertz CT molecular complexity index is 873. The van der Waals surface area contributed by atoms with Gasteiger partial charge in [0.25, 0.3) is 5.56 Å². The second kappa shape index (κ2) is 6.87. The Labute approximate surface area is 159 Å². The lowest BCUT2D eigenvalue weighted by Crippen LogP contribution is -2.53. The highest BCUT2D eigenvalue weighted by atomic mass is 16.3. The summed E-state index contributed by atoms with van der Waals surface area (Å²) in [6, 6.07) is 3.94. The first-order valence-corrected chi connectivity index (χ1v) is 9.93. The maximum atomic E-state index is 12.1. The van der Waals surface area contributed by atoms with Gasteiger partial charge in [0.2, 0.25) is 0 Å². The Balaban J connectivity index is 1.50. The highest BCUT2D eigenvalue weighted by molar-refractivity contribution is 5.17. The minimum absolute atomic E-state index is 0.147. The van der Waals surface area contributed by atoms with E-state index in [1.165, 1.54) is 22.0 Å². The standard InChI is InChI=1S/C20H29N5O2/c1-4-24-15(3)16(11-21-24)12-23-17-6-7-18(23)10-20(27,9-17)13-25-19(26)8-5-14(2)22-25/h5,8,11,17-18,27H,4,6-7,9-10,12-13H2,1-3H3/t17-,18-/m0/s1. The topological polar surface area (TPSA) is 76.2 Å². The number of aromatic nitrogens is 4. The van der Waals surface area contributed by atoms with E-state index < -0.39 is 5.60 Å². The first-order chi connectivity index (χ1) is 12.9. The average Bonchev–Trinajstić information content (AvgIpc) is 3.09. The summed E-state index contributed by atoms with van der Waals surface area (Å²) in [4.78, 5) is 14.6. The van der Waals surface area contributed by atoms with Gasteiger partial charge in [0.1, 0.15) is 0 Å². The van der Waals surface area contributed by atoms with Gasteiger partial charge in [-0.05, 0) is 52.5 Å². The quantitative estimate of drug-likeness (QED) is 0.865. The summed E-state index contributed by atoms with van der Waals surface area (Å²) in [5.74, 6) is 0. The maximum Gasteiger partial charge on any atom is 0.266 e. The zero-order chi connectivity index (χ0) is 19.2. The average molecular weight is 371 g/mol. The third-order valence-corrected chi connectivity index (χ3v) is 6.30. The molecule has 7 heteroatoms. The van der Waals surface area contributed by atoms with Crippen LogP contribution >= 0.6 is 0 Å². The van der Waals surface area contributed by atoms with E-state index in [9.17, 15) is 9.90 Å². The molecule has 4 rings (SSSR count). The third-order valence-electron chi connectivity index (χ3n) is 6.30. The van der Waals surface area contributed by atoms with Crippen molar-refractivity contribution in [2.75, 3.05) is 0 Å². The molecule has 0 aromatic carbocycles. The molecule has 0 spiro atoms. The lowest BCUT2D eigenvalue weighted by atomic mass is 9.85. The van der Waals surface area contributed by atoms with E-state index in [2.05, 4.69) is 28.9 Å². The molecule has 2 bridgehead atoms. The van der Waals surface area contributed by atoms with E-state index in [-0.39, 0.29) is 12.1 Å². The van der Waals surface area contributed by atoms with Crippen molar-refractivity contribution < 1.29 is 5.11 Å². The van der Waals surface area contributed by atoms with Gasteiger partial charge in [0.05, 0.1) is 24.0 Å². The van der Waals surface area contributed by atoms with Crippen LogP contribution in [0.2, 0.25) is 0 Å². The molecule has 2 aromatic heterocycles. The van der Waals surface area contributed by atoms with Gasteiger partial charge < -0.3 is 5.11 Å². The van der Waals surface area contributed by atoms with Crippen LogP contribution in [0.1, 0.15) is 49.6 Å². The number of rotatable bonds is 5. The summed E-state index contributed by atoms with van der Waals surface area (Å²) >= 11 is 0. The highest BCUT2D eigenvalue weighted by Gasteiger charge is 2.47. The molecule has 27 heavy (non-hydrogen) atoms. The lowest BCUT2D eigenvalue weighted by molar-refractivity contribution is -0.0678. The van der Waals surface area contributed by atoms with Crippen molar-refractivity contribution in [1.82, 2.24) is 24.5 Å². The molecule has 2 atom stereocenters. The number of aliphatic hydroxyl groups is 1. The van der Waals surface area contributed by atoms with Crippen LogP contribution in [0.5, 0.6) is 0 Å². The van der Waals surface area contributed by atoms with Crippen molar-refractivity contribution in [1.29, 1.82) is 0 Å². The predicted octanol–water partition coefficient (Wildman–Crippen LogP) is 1.63. The monoisotopic (exact) mass is 371 g/mol. The van der Waals surface area contributed by atoms with Gasteiger partial charge in [-0.25, -0.2) is 4.68 Å². The minimum atomic E-state index is -0.865. The molecule has 0 saturated carbocycles. The summed E-state index contributed by atoms with van der Waals surface area (Å²) in [5.41, 5.74) is 2.28. The Hall–Kier alpha value is -1.99. The largest absolute Gasteiger partial charge is 0.388 e. The number of piperidine rings is 1. The first-order valence-electron chi connectivity index (χ1n) is 9.93. The molecule has 0 unspecified atom stereocenters. The third kappa shape index (κ3) is 3.46. The lowest BCUT2D eigenvalue weighted by Gasteiger charge is -2.43. The summed E-state index contributed by atoms with van der Waals surface area (Å²) in [6.45, 7) is 8.16. The molecule has 0 radical (unpaired) electrons. The normalized spacial score (nSPS) is 28.0. The molecule has 2 saturated heterocycles. The zero-order valence-corrected chi connectivity index (χ0v) is 16.4. The molecular weight excluding hydrogens is 342 g/mol. The van der Waals surface area contributed by atoms with Crippen molar-refractivity contribution in [3.8, 4) is 0 Å². The van der Waals surface area contributed by atoms with Gasteiger partial charge in [0.15, 0.2) is 0 Å². The number of hydrogen-bond donors (Lipinski definition) is 1. The summed E-state index contributed by atoms with van der Waals surface area (Å²) in [5, 5.41) is 20.0. The molecule has 146 valence electrons. The molecule has 2 fully saturated rings. The predicted molar refractivity (Wildman–Crippen MR) is 102 cm³/mol. The van der Waals surface area contributed by atoms with Gasteiger partial charge >= 0.3 is 0 Å². The number of hydrogen-bond acceptors (Lipinski definition) is 5. The fourth-order valence-corrected chi connectivity index (χ4v) is 4.90. The van der Waals surface area contributed by atoms with Crippen LogP contribution in [0, 0.1) is 13.8 Å². The highest BCUT2D eigenvalue weighted by Crippen LogP contribution is 2.42. The van der Waals surface area contributed by atoms with E-state index in [0.29, 0.717) is 24.9 Å². The SMILES string of the molecule is CCn1ncc(CN2[C@H]3CC[C@H]2CC(O)(Cn2nc(C)ccc2=O)C3)c1C. The molecule has 0 amide bonds. The van der Waals surface area contributed by atoms with Crippen molar-refractivity contribution in [2.45, 2.75) is 83.8 Å². The number of nitrogens with zero attached hydrogens (tertiary/aromatic N) is 5. The van der Waals surface area contributed by atoms with Crippen molar-refractivity contribution in [3.63, 3.8) is 0 Å². The zero-order valence-electron chi connectivity index (χ0n) is 16.4. The number of aryl methyl sites for hydroxylation is 2. The second-order valence-electron chi connectivity index (χ2n) is 8.23. The van der Waals surface area contributed by atoms with Gasteiger partial charge in [-0.1, -0.05) is 0 Å². The van der Waals surface area contributed by atoms with E-state index in [1.807, 2.05) is 17.8 Å². The molecule has 4 heterocycles. The van der Waals surface area contributed by atoms with Crippen molar-refractivity contribution in [3.05, 3.63) is 45.6 Å². The summed E-state index contributed by atoms with van der Waals surface area (Å²) in [6.07, 6.45) is 5.56. The van der Waals surface area contributed by atoms with Crippen molar-refractivity contribution >= 4 is 0 Å². The van der Waals surface area contributed by atoms with E-state index in [1.54, 1.807) is 6.07 Å². The number of fused-ring (bicyclic) bond motifs is 2. The smallest absolute Gasteiger partial charge is 0.266 e. The van der Waals surface area contributed by atoms with Crippen LogP contribution in [0.3, 0.4) is 0 Å². The molecule has 2 aromatic rings. The van der Waals surface area contributed by atoms with Crippen LogP contribution in [-0.4, -0.2) is 47.3 Å². The molecule has 2 aliphatic rings. The summed E-state index contributed by atoms with van der Waals surface area (Å²) < 4.78 is 3.47. The van der Waals surface area contributed by atoms with E-state index in [0.717, 1.165) is 31.6 Å². The summed E-state index contributed by atoms with van der Waals surface area (Å²) in [7, 11) is 0. The molecule has 1 N–H and O–H groups in total. The van der Waals surface area contributed by atoms with Crippen LogP contribution in [0.25, 0.3) is 0 Å².